The van der Waals surface area contributed by atoms with Gasteiger partial charge in [0.25, 0.3) is 5.60 Å². The van der Waals surface area contributed by atoms with Gasteiger partial charge in [0, 0.05) is 25.5 Å². The van der Waals surface area contributed by atoms with Gasteiger partial charge < -0.3 is 9.47 Å². The van der Waals surface area contributed by atoms with Gasteiger partial charge in [-0.2, -0.15) is 13.2 Å². The van der Waals surface area contributed by atoms with Crippen molar-refractivity contribution >= 4 is 11.8 Å². The summed E-state index contributed by atoms with van der Waals surface area (Å²) in [4.78, 5) is 25.7. The second-order valence-electron chi connectivity index (χ2n) is 8.12. The molecule has 0 saturated carbocycles. The molecule has 0 N–H and O–H groups in total. The fourth-order valence-electron chi connectivity index (χ4n) is 3.91. The molecule has 3 rings (SSSR count). The van der Waals surface area contributed by atoms with E-state index in [0.29, 0.717) is 12.0 Å². The molecule has 0 heterocycles. The van der Waals surface area contributed by atoms with Gasteiger partial charge in [-0.1, -0.05) is 91.0 Å². The quantitative estimate of drug-likeness (QED) is 0.297. The number of carbonyl (C=O) groups is 2. The molecule has 184 valence electrons. The van der Waals surface area contributed by atoms with Crippen LogP contribution in [0.4, 0.5) is 13.2 Å². The molecule has 1 unspecified atom stereocenters. The standard InChI is InChI=1S/C28H27F3O4/c1-34-27(28(29,30)31,23-15-9-4-10-16-23)26(33)35-25(22-13-7-3-8-14-22)20-19-24(32)18-17-21-11-5-2-6-12-21/h2-16,25H,17-20H2,1H3/t25-,27?/m0/s1. The van der Waals surface area contributed by atoms with E-state index in [2.05, 4.69) is 0 Å². The van der Waals surface area contributed by atoms with Crippen LogP contribution in [0.3, 0.4) is 0 Å². The van der Waals surface area contributed by atoms with Crippen molar-refractivity contribution in [3.05, 3.63) is 108 Å². The highest BCUT2D eigenvalue weighted by atomic mass is 19.4. The molecule has 3 aromatic rings. The van der Waals surface area contributed by atoms with Gasteiger partial charge in [-0.05, 0) is 24.0 Å². The van der Waals surface area contributed by atoms with E-state index >= 15 is 0 Å². The first-order valence-corrected chi connectivity index (χ1v) is 11.3. The predicted octanol–water partition coefficient (Wildman–Crippen LogP) is 6.36. The number of esters is 1. The van der Waals surface area contributed by atoms with Crippen LogP contribution in [0.5, 0.6) is 0 Å². The molecule has 35 heavy (non-hydrogen) atoms. The van der Waals surface area contributed by atoms with Crippen molar-refractivity contribution in [1.82, 2.24) is 0 Å². The summed E-state index contributed by atoms with van der Waals surface area (Å²) in [5, 5.41) is 0. The minimum atomic E-state index is -5.08. The van der Waals surface area contributed by atoms with E-state index in [-0.39, 0.29) is 30.6 Å². The van der Waals surface area contributed by atoms with Crippen LogP contribution in [-0.4, -0.2) is 25.0 Å². The SMILES string of the molecule is COC(C(=O)O[C@@H](CCC(=O)CCc1ccccc1)c1ccccc1)(c1ccccc1)C(F)(F)F. The van der Waals surface area contributed by atoms with Gasteiger partial charge in [0.15, 0.2) is 0 Å². The van der Waals surface area contributed by atoms with Crippen LogP contribution in [0.1, 0.15) is 42.1 Å². The summed E-state index contributed by atoms with van der Waals surface area (Å²) in [6, 6.07) is 24.6. The van der Waals surface area contributed by atoms with Crippen molar-refractivity contribution in [3.63, 3.8) is 0 Å². The normalized spacial score (nSPS) is 14.1. The number of halogens is 3. The lowest BCUT2D eigenvalue weighted by Crippen LogP contribution is -2.52. The molecule has 0 aliphatic rings. The zero-order valence-electron chi connectivity index (χ0n) is 19.3. The van der Waals surface area contributed by atoms with Gasteiger partial charge in [-0.25, -0.2) is 4.79 Å². The lowest BCUT2D eigenvalue weighted by molar-refractivity contribution is -0.278. The van der Waals surface area contributed by atoms with E-state index in [1.165, 1.54) is 24.3 Å². The Balaban J connectivity index is 1.79. The number of aryl methyl sites for hydroxylation is 1. The maximum absolute atomic E-state index is 14.3. The fraction of sp³-hybridized carbons (Fsp3) is 0.286. The molecule has 4 nitrogen and oxygen atoms in total. The first-order valence-electron chi connectivity index (χ1n) is 11.3. The number of methoxy groups -OCH3 is 1. The zero-order valence-corrected chi connectivity index (χ0v) is 19.3. The van der Waals surface area contributed by atoms with Gasteiger partial charge in [0.2, 0.25) is 0 Å². The van der Waals surface area contributed by atoms with Crippen molar-refractivity contribution in [2.24, 2.45) is 0 Å². The van der Waals surface area contributed by atoms with Crippen LogP contribution in [0.15, 0.2) is 91.0 Å². The Hall–Kier alpha value is -3.45. The Kier molecular flexibility index (Phi) is 8.82. The highest BCUT2D eigenvalue weighted by Gasteiger charge is 2.64. The van der Waals surface area contributed by atoms with Gasteiger partial charge in [0.1, 0.15) is 11.9 Å². The molecule has 0 aromatic heterocycles. The second kappa shape index (κ2) is 11.8. The monoisotopic (exact) mass is 484 g/mol. The topological polar surface area (TPSA) is 52.6 Å². The van der Waals surface area contributed by atoms with Crippen molar-refractivity contribution < 1.29 is 32.2 Å². The first-order chi connectivity index (χ1) is 16.8. The number of hydrogen-bond acceptors (Lipinski definition) is 4. The third kappa shape index (κ3) is 6.36. The Labute approximate surface area is 202 Å². The average molecular weight is 485 g/mol. The number of alkyl halides is 3. The Morgan fingerprint density at radius 2 is 1.34 bits per heavy atom. The van der Waals surface area contributed by atoms with Crippen LogP contribution in [-0.2, 0) is 31.1 Å². The van der Waals surface area contributed by atoms with Crippen LogP contribution in [0, 0.1) is 0 Å². The minimum absolute atomic E-state index is 0.0514. The van der Waals surface area contributed by atoms with Crippen LogP contribution in [0.25, 0.3) is 0 Å². The first kappa shape index (κ1) is 26.2. The summed E-state index contributed by atoms with van der Waals surface area (Å²) in [7, 11) is 0.826. The molecule has 3 aromatic carbocycles. The number of ether oxygens (including phenoxy) is 2. The van der Waals surface area contributed by atoms with Crippen LogP contribution in [0.2, 0.25) is 0 Å². The molecular formula is C28H27F3O4. The zero-order chi connectivity index (χ0) is 25.3. The summed E-state index contributed by atoms with van der Waals surface area (Å²) in [6.45, 7) is 0. The molecule has 0 radical (unpaired) electrons. The number of rotatable bonds is 11. The van der Waals surface area contributed by atoms with Gasteiger partial charge >= 0.3 is 12.1 Å². The lowest BCUT2D eigenvalue weighted by atomic mass is 9.92. The summed E-state index contributed by atoms with van der Waals surface area (Å²) in [6.07, 6.45) is -5.18. The highest BCUT2D eigenvalue weighted by Crippen LogP contribution is 2.44. The minimum Gasteiger partial charge on any atom is -0.455 e. The van der Waals surface area contributed by atoms with E-state index in [4.69, 9.17) is 9.47 Å². The molecular weight excluding hydrogens is 457 g/mol. The van der Waals surface area contributed by atoms with Gasteiger partial charge in [0.05, 0.1) is 0 Å². The predicted molar refractivity (Wildman–Crippen MR) is 125 cm³/mol. The average Bonchev–Trinajstić information content (AvgIpc) is 2.87. The van der Waals surface area contributed by atoms with E-state index in [0.717, 1.165) is 12.7 Å². The fourth-order valence-corrected chi connectivity index (χ4v) is 3.91. The number of Topliss-reactive ketones (excluding diaryl/α,β-unsaturated/α-hetero) is 1. The smallest absolute Gasteiger partial charge is 0.432 e. The number of benzene rings is 3. The Morgan fingerprint density at radius 3 is 1.89 bits per heavy atom. The number of carbonyl (C=O) groups excluding carboxylic acids is 2. The lowest BCUT2D eigenvalue weighted by Gasteiger charge is -2.34. The van der Waals surface area contributed by atoms with E-state index in [1.54, 1.807) is 36.4 Å². The molecule has 0 spiro atoms. The van der Waals surface area contributed by atoms with Crippen molar-refractivity contribution in [2.75, 3.05) is 7.11 Å². The third-order valence-electron chi connectivity index (χ3n) is 5.81. The third-order valence-corrected chi connectivity index (χ3v) is 5.81. The van der Waals surface area contributed by atoms with Gasteiger partial charge in [-0.3, -0.25) is 4.79 Å². The molecule has 0 amide bonds. The van der Waals surface area contributed by atoms with E-state index in [9.17, 15) is 22.8 Å². The van der Waals surface area contributed by atoms with E-state index in [1.807, 2.05) is 30.3 Å². The molecule has 0 aliphatic heterocycles. The molecule has 0 saturated heterocycles. The second-order valence-corrected chi connectivity index (χ2v) is 8.12. The highest BCUT2D eigenvalue weighted by molar-refractivity contribution is 5.83. The largest absolute Gasteiger partial charge is 0.455 e. The van der Waals surface area contributed by atoms with Crippen LogP contribution < -0.4 is 0 Å². The molecule has 0 bridgehead atoms. The number of hydrogen-bond donors (Lipinski definition) is 0. The molecule has 0 aliphatic carbocycles. The van der Waals surface area contributed by atoms with Crippen molar-refractivity contribution in [2.45, 2.75) is 43.6 Å². The summed E-state index contributed by atoms with van der Waals surface area (Å²) >= 11 is 0. The summed E-state index contributed by atoms with van der Waals surface area (Å²) in [5.41, 5.74) is -2.16. The number of ketones is 1. The summed E-state index contributed by atoms with van der Waals surface area (Å²) in [5.74, 6) is -1.65. The molecule has 0 fully saturated rings. The van der Waals surface area contributed by atoms with Gasteiger partial charge in [-0.15, -0.1) is 0 Å². The maximum Gasteiger partial charge on any atom is 0.432 e. The van der Waals surface area contributed by atoms with Crippen molar-refractivity contribution in [1.29, 1.82) is 0 Å². The Bertz CT molecular complexity index is 1090. The van der Waals surface area contributed by atoms with Crippen molar-refractivity contribution in [3.8, 4) is 0 Å². The van der Waals surface area contributed by atoms with Crippen LogP contribution >= 0.6 is 0 Å². The maximum atomic E-state index is 14.3. The van der Waals surface area contributed by atoms with E-state index < -0.39 is 23.9 Å². The Morgan fingerprint density at radius 1 is 0.800 bits per heavy atom. The molecule has 2 atom stereocenters. The summed E-state index contributed by atoms with van der Waals surface area (Å²) < 4.78 is 53.1. The molecule has 7 heteroatoms.